The fraction of sp³-hybridized carbons (Fsp3) is 0.385. The standard InChI is InChI=1S/C26H29FN4O5S/c1-26(2,3)36-25(33)34-21-14-28-20(12-16-7-9-18(10-8-16)23-31-30-15-37-23)22(21)35-24(32)29-13-17-5-4-6-19(27)11-17/h4-11,15,20-22,28H,12-14H2,1-3H3,(H,29,32)/t20-,21+,22+/m1/s1. The number of rotatable bonds is 7. The summed E-state index contributed by atoms with van der Waals surface area (Å²) in [6, 6.07) is 13.5. The van der Waals surface area contributed by atoms with Crippen molar-refractivity contribution in [3.05, 3.63) is 71.0 Å². The Morgan fingerprint density at radius 3 is 2.59 bits per heavy atom. The number of halogens is 1. The number of benzene rings is 2. The molecule has 37 heavy (non-hydrogen) atoms. The van der Waals surface area contributed by atoms with Gasteiger partial charge in [0.25, 0.3) is 0 Å². The van der Waals surface area contributed by atoms with Gasteiger partial charge < -0.3 is 24.8 Å². The molecule has 1 saturated heterocycles. The van der Waals surface area contributed by atoms with Crippen molar-refractivity contribution in [2.45, 2.75) is 57.6 Å². The lowest BCUT2D eigenvalue weighted by Gasteiger charge is -2.26. The molecule has 1 amide bonds. The number of carbonyl (C=O) groups is 2. The van der Waals surface area contributed by atoms with Gasteiger partial charge >= 0.3 is 12.2 Å². The molecule has 0 spiro atoms. The Morgan fingerprint density at radius 1 is 1.14 bits per heavy atom. The van der Waals surface area contributed by atoms with Crippen LogP contribution in [0.4, 0.5) is 14.0 Å². The fourth-order valence-corrected chi connectivity index (χ4v) is 4.49. The van der Waals surface area contributed by atoms with Crippen LogP contribution in [0.1, 0.15) is 31.9 Å². The summed E-state index contributed by atoms with van der Waals surface area (Å²) < 4.78 is 30.0. The van der Waals surface area contributed by atoms with Crippen molar-refractivity contribution < 1.29 is 28.2 Å². The van der Waals surface area contributed by atoms with E-state index in [0.29, 0.717) is 12.0 Å². The summed E-state index contributed by atoms with van der Waals surface area (Å²) in [6.07, 6.45) is -2.54. The highest BCUT2D eigenvalue weighted by atomic mass is 32.1. The van der Waals surface area contributed by atoms with Crippen LogP contribution in [0.15, 0.2) is 54.0 Å². The number of hydrogen-bond donors (Lipinski definition) is 2. The largest absolute Gasteiger partial charge is 0.509 e. The topological polar surface area (TPSA) is 112 Å². The third-order valence-corrected chi connectivity index (χ3v) is 6.31. The number of carbonyl (C=O) groups excluding carboxylic acids is 2. The minimum absolute atomic E-state index is 0.0894. The molecule has 2 aromatic carbocycles. The lowest BCUT2D eigenvalue weighted by molar-refractivity contribution is -0.0518. The molecule has 1 aromatic heterocycles. The quantitative estimate of drug-likeness (QED) is 0.432. The van der Waals surface area contributed by atoms with Gasteiger partial charge in [-0.25, -0.2) is 14.0 Å². The van der Waals surface area contributed by atoms with Crippen LogP contribution in [0, 0.1) is 5.82 Å². The van der Waals surface area contributed by atoms with Crippen molar-refractivity contribution in [2.75, 3.05) is 6.54 Å². The molecule has 0 bridgehead atoms. The van der Waals surface area contributed by atoms with E-state index in [2.05, 4.69) is 20.8 Å². The van der Waals surface area contributed by atoms with Crippen molar-refractivity contribution in [1.29, 1.82) is 0 Å². The third kappa shape index (κ3) is 7.70. The molecule has 0 radical (unpaired) electrons. The van der Waals surface area contributed by atoms with Crippen LogP contribution >= 0.6 is 11.3 Å². The molecule has 196 valence electrons. The Kier molecular flexibility index (Phi) is 8.34. The Bertz CT molecular complexity index is 1200. The van der Waals surface area contributed by atoms with Crippen LogP contribution in [0.2, 0.25) is 0 Å². The average Bonchev–Trinajstić information content (AvgIpc) is 3.49. The summed E-state index contributed by atoms with van der Waals surface area (Å²) in [4.78, 5) is 25.0. The van der Waals surface area contributed by atoms with Crippen molar-refractivity contribution >= 4 is 23.6 Å². The Balaban J connectivity index is 1.43. The highest BCUT2D eigenvalue weighted by molar-refractivity contribution is 7.12. The normalized spacial score (nSPS) is 19.3. The first-order valence-corrected chi connectivity index (χ1v) is 12.7. The first kappa shape index (κ1) is 26.5. The number of nitrogens with one attached hydrogen (secondary N) is 2. The van der Waals surface area contributed by atoms with Gasteiger partial charge in [-0.15, -0.1) is 10.2 Å². The molecule has 0 saturated carbocycles. The van der Waals surface area contributed by atoms with Gasteiger partial charge in [-0.05, 0) is 50.5 Å². The molecular weight excluding hydrogens is 499 g/mol. The predicted octanol–water partition coefficient (Wildman–Crippen LogP) is 4.47. The van der Waals surface area contributed by atoms with E-state index in [-0.39, 0.29) is 19.1 Å². The monoisotopic (exact) mass is 528 g/mol. The van der Waals surface area contributed by atoms with Crippen molar-refractivity contribution in [3.8, 4) is 10.6 Å². The maximum Gasteiger partial charge on any atom is 0.509 e. The zero-order valence-corrected chi connectivity index (χ0v) is 21.6. The van der Waals surface area contributed by atoms with Crippen LogP contribution in [0.25, 0.3) is 10.6 Å². The summed E-state index contributed by atoms with van der Waals surface area (Å²) >= 11 is 1.46. The second-order valence-corrected chi connectivity index (χ2v) is 10.5. The maximum atomic E-state index is 13.5. The van der Waals surface area contributed by atoms with E-state index >= 15 is 0 Å². The van der Waals surface area contributed by atoms with E-state index in [1.54, 1.807) is 38.4 Å². The lowest BCUT2D eigenvalue weighted by Crippen LogP contribution is -2.43. The van der Waals surface area contributed by atoms with Gasteiger partial charge in [0.05, 0.1) is 6.04 Å². The number of aromatic nitrogens is 2. The zero-order chi connectivity index (χ0) is 26.4. The molecular formula is C26H29FN4O5S. The molecule has 1 fully saturated rings. The molecule has 4 rings (SSSR count). The number of hydrogen-bond acceptors (Lipinski definition) is 9. The maximum absolute atomic E-state index is 13.5. The first-order chi connectivity index (χ1) is 17.7. The molecule has 11 heteroatoms. The summed E-state index contributed by atoms with van der Waals surface area (Å²) in [7, 11) is 0. The predicted molar refractivity (Wildman–Crippen MR) is 135 cm³/mol. The highest BCUT2D eigenvalue weighted by Crippen LogP contribution is 2.24. The number of nitrogens with zero attached hydrogens (tertiary/aromatic N) is 2. The van der Waals surface area contributed by atoms with Crippen LogP contribution in [0.3, 0.4) is 0 Å². The van der Waals surface area contributed by atoms with Gasteiger partial charge in [0.2, 0.25) is 0 Å². The van der Waals surface area contributed by atoms with E-state index in [0.717, 1.165) is 16.1 Å². The molecule has 3 aromatic rings. The molecule has 9 nitrogen and oxygen atoms in total. The summed E-state index contributed by atoms with van der Waals surface area (Å²) in [5.41, 5.74) is 3.50. The van der Waals surface area contributed by atoms with Gasteiger partial charge in [0, 0.05) is 18.7 Å². The smallest absolute Gasteiger partial charge is 0.441 e. The van der Waals surface area contributed by atoms with E-state index in [1.165, 1.54) is 23.5 Å². The molecule has 1 aliphatic heterocycles. The fourth-order valence-electron chi connectivity index (χ4n) is 3.93. The van der Waals surface area contributed by atoms with Crippen LogP contribution in [-0.4, -0.2) is 52.8 Å². The second-order valence-electron chi connectivity index (χ2n) is 9.63. The summed E-state index contributed by atoms with van der Waals surface area (Å²) in [6.45, 7) is 5.59. The van der Waals surface area contributed by atoms with Crippen molar-refractivity contribution in [2.24, 2.45) is 0 Å². The SMILES string of the molecule is CC(C)(C)OC(=O)O[C@H]1CN[C@H](Cc2ccc(-c3nncs3)cc2)[C@@H]1OC(=O)NCc1cccc(F)c1. The van der Waals surface area contributed by atoms with Gasteiger partial charge in [-0.1, -0.05) is 47.7 Å². The van der Waals surface area contributed by atoms with E-state index < -0.39 is 35.9 Å². The minimum atomic E-state index is -0.838. The molecule has 1 aliphatic rings. The molecule has 3 atom stereocenters. The molecule has 2 heterocycles. The summed E-state index contributed by atoms with van der Waals surface area (Å²) in [5.74, 6) is -0.393. The van der Waals surface area contributed by atoms with Crippen molar-refractivity contribution in [3.63, 3.8) is 0 Å². The van der Waals surface area contributed by atoms with Crippen LogP contribution < -0.4 is 10.6 Å². The minimum Gasteiger partial charge on any atom is -0.441 e. The van der Waals surface area contributed by atoms with Gasteiger partial charge in [0.1, 0.15) is 21.9 Å². The highest BCUT2D eigenvalue weighted by Gasteiger charge is 2.42. The zero-order valence-electron chi connectivity index (χ0n) is 20.8. The van der Waals surface area contributed by atoms with Crippen LogP contribution in [0.5, 0.6) is 0 Å². The Hall–Kier alpha value is -3.57. The first-order valence-electron chi connectivity index (χ1n) is 11.8. The van der Waals surface area contributed by atoms with Gasteiger partial charge in [-0.3, -0.25) is 0 Å². The number of alkyl carbamates (subject to hydrolysis) is 1. The molecule has 0 unspecified atom stereocenters. The van der Waals surface area contributed by atoms with E-state index in [1.807, 2.05) is 24.3 Å². The number of amides is 1. The average molecular weight is 529 g/mol. The molecule has 2 N–H and O–H groups in total. The Labute approximate surface area is 218 Å². The molecule has 0 aliphatic carbocycles. The third-order valence-electron chi connectivity index (χ3n) is 5.57. The van der Waals surface area contributed by atoms with E-state index in [4.69, 9.17) is 14.2 Å². The lowest BCUT2D eigenvalue weighted by atomic mass is 10.0. The van der Waals surface area contributed by atoms with Crippen molar-refractivity contribution in [1.82, 2.24) is 20.8 Å². The summed E-state index contributed by atoms with van der Waals surface area (Å²) in [5, 5.41) is 14.7. The number of ether oxygens (including phenoxy) is 3. The second kappa shape index (κ2) is 11.7. The van der Waals surface area contributed by atoms with Gasteiger partial charge in [-0.2, -0.15) is 0 Å². The van der Waals surface area contributed by atoms with Crippen LogP contribution in [-0.2, 0) is 27.2 Å². The van der Waals surface area contributed by atoms with Gasteiger partial charge in [0.15, 0.2) is 12.2 Å². The Morgan fingerprint density at radius 2 is 1.92 bits per heavy atom. The van der Waals surface area contributed by atoms with E-state index in [9.17, 15) is 14.0 Å².